The Morgan fingerprint density at radius 2 is 2.57 bits per heavy atom. The summed E-state index contributed by atoms with van der Waals surface area (Å²) in [6.45, 7) is 0.951. The van der Waals surface area contributed by atoms with E-state index >= 15 is 0 Å². The van der Waals surface area contributed by atoms with Crippen LogP contribution in [-0.2, 0) is 4.79 Å². The summed E-state index contributed by atoms with van der Waals surface area (Å²) < 4.78 is 1.01. The van der Waals surface area contributed by atoms with Crippen LogP contribution in [0.3, 0.4) is 0 Å². The van der Waals surface area contributed by atoms with Gasteiger partial charge in [0.05, 0.1) is 11.0 Å². The van der Waals surface area contributed by atoms with Crippen molar-refractivity contribution in [3.63, 3.8) is 0 Å². The van der Waals surface area contributed by atoms with E-state index in [1.807, 2.05) is 11.4 Å². The fourth-order valence-electron chi connectivity index (χ4n) is 1.50. The second-order valence-corrected chi connectivity index (χ2v) is 5.09. The van der Waals surface area contributed by atoms with Crippen LogP contribution >= 0.6 is 27.3 Å². The van der Waals surface area contributed by atoms with Crippen LogP contribution in [0.15, 0.2) is 15.9 Å². The van der Waals surface area contributed by atoms with Crippen molar-refractivity contribution in [2.75, 3.05) is 11.9 Å². The van der Waals surface area contributed by atoms with Gasteiger partial charge in [-0.25, -0.2) is 0 Å². The summed E-state index contributed by atoms with van der Waals surface area (Å²) >= 11 is 4.88. The van der Waals surface area contributed by atoms with E-state index in [-0.39, 0.29) is 11.9 Å². The molecule has 0 aromatic carbocycles. The molecule has 1 aliphatic rings. The normalized spacial score (nSPS) is 21.1. The molecule has 2 rings (SSSR count). The van der Waals surface area contributed by atoms with Crippen LogP contribution in [-0.4, -0.2) is 18.5 Å². The molecule has 14 heavy (non-hydrogen) atoms. The fourth-order valence-corrected chi connectivity index (χ4v) is 2.82. The topological polar surface area (TPSA) is 41.1 Å². The van der Waals surface area contributed by atoms with Gasteiger partial charge in [-0.15, -0.1) is 11.3 Å². The molecule has 3 nitrogen and oxygen atoms in total. The minimum absolute atomic E-state index is 0.00382. The van der Waals surface area contributed by atoms with Gasteiger partial charge in [0.1, 0.15) is 0 Å². The Hall–Kier alpha value is -0.390. The summed E-state index contributed by atoms with van der Waals surface area (Å²) in [5.74, 6) is 0.0804. The number of thiophene rings is 1. The zero-order valence-corrected chi connectivity index (χ0v) is 9.95. The third-order valence-corrected chi connectivity index (χ3v) is 3.80. The Labute approximate surface area is 95.0 Å². The third-order valence-electron chi connectivity index (χ3n) is 2.19. The van der Waals surface area contributed by atoms with Crippen LogP contribution in [0.1, 0.15) is 12.8 Å². The zero-order valence-electron chi connectivity index (χ0n) is 7.55. The smallest absolute Gasteiger partial charge is 0.242 e. The molecule has 0 aliphatic carbocycles. The SMILES string of the molecule is O=C(Nc1cc(Br)cs1)C1CCCN1. The lowest BCUT2D eigenvalue weighted by Gasteiger charge is -2.08. The van der Waals surface area contributed by atoms with Gasteiger partial charge in [0, 0.05) is 9.85 Å². The van der Waals surface area contributed by atoms with Crippen molar-refractivity contribution in [2.24, 2.45) is 0 Å². The molecule has 2 N–H and O–H groups in total. The Morgan fingerprint density at radius 3 is 3.14 bits per heavy atom. The molecule has 1 fully saturated rings. The van der Waals surface area contributed by atoms with Crippen LogP contribution in [0.2, 0.25) is 0 Å². The molecular formula is C9H11BrN2OS. The number of halogens is 1. The summed E-state index contributed by atoms with van der Waals surface area (Å²) in [5.41, 5.74) is 0. The number of hydrogen-bond acceptors (Lipinski definition) is 3. The van der Waals surface area contributed by atoms with Gasteiger partial charge in [-0.1, -0.05) is 0 Å². The molecule has 1 saturated heterocycles. The van der Waals surface area contributed by atoms with Crippen molar-refractivity contribution in [1.29, 1.82) is 0 Å². The Balaban J connectivity index is 1.93. The standard InChI is InChI=1S/C9H11BrN2OS/c10-6-4-8(14-5-6)12-9(13)7-2-1-3-11-7/h4-5,7,11H,1-3H2,(H,12,13). The molecule has 2 heterocycles. The van der Waals surface area contributed by atoms with E-state index in [4.69, 9.17) is 0 Å². The number of anilines is 1. The second kappa shape index (κ2) is 4.42. The average Bonchev–Trinajstić information content (AvgIpc) is 2.75. The molecular weight excluding hydrogens is 264 g/mol. The van der Waals surface area contributed by atoms with E-state index < -0.39 is 0 Å². The van der Waals surface area contributed by atoms with Gasteiger partial charge in [-0.2, -0.15) is 0 Å². The largest absolute Gasteiger partial charge is 0.316 e. The van der Waals surface area contributed by atoms with Gasteiger partial charge in [0.15, 0.2) is 0 Å². The van der Waals surface area contributed by atoms with Crippen LogP contribution in [0, 0.1) is 0 Å². The Morgan fingerprint density at radius 1 is 1.71 bits per heavy atom. The molecule has 1 amide bonds. The first-order valence-corrected chi connectivity index (χ1v) is 6.21. The lowest BCUT2D eigenvalue weighted by molar-refractivity contribution is -0.117. The van der Waals surface area contributed by atoms with E-state index in [0.717, 1.165) is 28.9 Å². The summed E-state index contributed by atoms with van der Waals surface area (Å²) in [6, 6.07) is 1.91. The molecule has 1 aliphatic heterocycles. The van der Waals surface area contributed by atoms with Crippen LogP contribution < -0.4 is 10.6 Å². The fraction of sp³-hybridized carbons (Fsp3) is 0.444. The molecule has 1 atom stereocenters. The number of amides is 1. The number of carbonyl (C=O) groups is 1. The van der Waals surface area contributed by atoms with E-state index in [2.05, 4.69) is 26.6 Å². The van der Waals surface area contributed by atoms with Gasteiger partial charge in [0.2, 0.25) is 5.91 Å². The van der Waals surface area contributed by atoms with E-state index in [1.165, 1.54) is 11.3 Å². The molecule has 0 radical (unpaired) electrons. The van der Waals surface area contributed by atoms with Crippen LogP contribution in [0.5, 0.6) is 0 Å². The van der Waals surface area contributed by atoms with Crippen molar-refractivity contribution < 1.29 is 4.79 Å². The first-order chi connectivity index (χ1) is 6.75. The average molecular weight is 275 g/mol. The van der Waals surface area contributed by atoms with Crippen molar-refractivity contribution in [1.82, 2.24) is 5.32 Å². The Kier molecular flexibility index (Phi) is 3.20. The lowest BCUT2D eigenvalue weighted by atomic mass is 10.2. The van der Waals surface area contributed by atoms with E-state index in [9.17, 15) is 4.79 Å². The predicted octanol–water partition coefficient (Wildman–Crippen LogP) is 2.20. The lowest BCUT2D eigenvalue weighted by Crippen LogP contribution is -2.35. The van der Waals surface area contributed by atoms with Crippen molar-refractivity contribution in [2.45, 2.75) is 18.9 Å². The maximum atomic E-state index is 11.6. The number of nitrogens with one attached hydrogen (secondary N) is 2. The first kappa shape index (κ1) is 10.1. The maximum absolute atomic E-state index is 11.6. The summed E-state index contributed by atoms with van der Waals surface area (Å²) in [6.07, 6.45) is 2.03. The first-order valence-electron chi connectivity index (χ1n) is 4.54. The molecule has 76 valence electrons. The van der Waals surface area contributed by atoms with E-state index in [1.54, 1.807) is 0 Å². The van der Waals surface area contributed by atoms with Gasteiger partial charge >= 0.3 is 0 Å². The zero-order chi connectivity index (χ0) is 9.97. The molecule has 1 aromatic rings. The number of hydrogen-bond donors (Lipinski definition) is 2. The number of carbonyl (C=O) groups excluding carboxylic acids is 1. The number of rotatable bonds is 2. The summed E-state index contributed by atoms with van der Waals surface area (Å²) in [7, 11) is 0. The van der Waals surface area contributed by atoms with Gasteiger partial charge in [0.25, 0.3) is 0 Å². The monoisotopic (exact) mass is 274 g/mol. The van der Waals surface area contributed by atoms with Gasteiger partial charge < -0.3 is 10.6 Å². The Bertz CT molecular complexity index is 333. The minimum atomic E-state index is -0.00382. The van der Waals surface area contributed by atoms with Gasteiger partial charge in [-0.3, -0.25) is 4.79 Å². The molecule has 5 heteroatoms. The van der Waals surface area contributed by atoms with Crippen molar-refractivity contribution >= 4 is 38.2 Å². The molecule has 0 bridgehead atoms. The molecule has 1 unspecified atom stereocenters. The summed E-state index contributed by atoms with van der Waals surface area (Å²) in [4.78, 5) is 11.6. The van der Waals surface area contributed by atoms with Crippen LogP contribution in [0.25, 0.3) is 0 Å². The molecule has 1 aromatic heterocycles. The summed E-state index contributed by atoms with van der Waals surface area (Å²) in [5, 5.41) is 8.91. The second-order valence-electron chi connectivity index (χ2n) is 3.27. The third kappa shape index (κ3) is 2.34. The van der Waals surface area contributed by atoms with Crippen LogP contribution in [0.4, 0.5) is 5.00 Å². The highest BCUT2D eigenvalue weighted by molar-refractivity contribution is 9.10. The van der Waals surface area contributed by atoms with Gasteiger partial charge in [-0.05, 0) is 41.4 Å². The quantitative estimate of drug-likeness (QED) is 0.868. The maximum Gasteiger partial charge on any atom is 0.242 e. The van der Waals surface area contributed by atoms with E-state index in [0.29, 0.717) is 0 Å². The minimum Gasteiger partial charge on any atom is -0.316 e. The molecule has 0 spiro atoms. The van der Waals surface area contributed by atoms with Crippen molar-refractivity contribution in [3.05, 3.63) is 15.9 Å². The predicted molar refractivity (Wildman–Crippen MR) is 61.7 cm³/mol. The molecule has 0 saturated carbocycles. The highest BCUT2D eigenvalue weighted by Gasteiger charge is 2.21. The van der Waals surface area contributed by atoms with Crippen molar-refractivity contribution in [3.8, 4) is 0 Å². The highest BCUT2D eigenvalue weighted by atomic mass is 79.9. The highest BCUT2D eigenvalue weighted by Crippen LogP contribution is 2.24.